The second-order valence-corrected chi connectivity index (χ2v) is 7.93. The number of nitrogens with zero attached hydrogens (tertiary/aromatic N) is 6. The summed E-state index contributed by atoms with van der Waals surface area (Å²) < 4.78 is 8.97. The van der Waals surface area contributed by atoms with Crippen molar-refractivity contribution in [3.63, 3.8) is 0 Å². The van der Waals surface area contributed by atoms with Crippen LogP contribution in [0.4, 0.5) is 0 Å². The Labute approximate surface area is 194 Å². The third-order valence-corrected chi connectivity index (χ3v) is 5.77. The van der Waals surface area contributed by atoms with E-state index in [1.165, 1.54) is 4.68 Å². The maximum Gasteiger partial charge on any atom is 0.217 e. The Hall–Kier alpha value is -4.04. The normalized spacial score (nSPS) is 11.1. The lowest BCUT2D eigenvalue weighted by molar-refractivity contribution is 0.103. The number of halogens is 1. The average molecular weight is 459 g/mol. The van der Waals surface area contributed by atoms with E-state index in [-0.39, 0.29) is 11.5 Å². The van der Waals surface area contributed by atoms with Crippen LogP contribution in [0.15, 0.2) is 67.3 Å². The van der Waals surface area contributed by atoms with Crippen molar-refractivity contribution in [3.8, 4) is 11.6 Å². The molecule has 0 spiro atoms. The van der Waals surface area contributed by atoms with Crippen molar-refractivity contribution in [2.75, 3.05) is 7.11 Å². The quantitative estimate of drug-likeness (QED) is 0.353. The molecule has 0 aliphatic heterocycles. The summed E-state index contributed by atoms with van der Waals surface area (Å²) in [5, 5.41) is 9.63. The number of hydrogen-bond donors (Lipinski definition) is 0. The molecular weight excluding hydrogens is 440 g/mol. The summed E-state index contributed by atoms with van der Waals surface area (Å²) in [5.41, 5.74) is 3.60. The van der Waals surface area contributed by atoms with Crippen LogP contribution in [0.25, 0.3) is 16.7 Å². The number of carbonyl (C=O) groups is 1. The third kappa shape index (κ3) is 3.85. The number of carbonyl (C=O) groups excluding carboxylic acids is 1. The molecule has 0 N–H and O–H groups in total. The number of ether oxygens (including phenoxy) is 1. The van der Waals surface area contributed by atoms with Gasteiger partial charge in [0.25, 0.3) is 0 Å². The van der Waals surface area contributed by atoms with Gasteiger partial charge in [-0.05, 0) is 42.8 Å². The minimum absolute atomic E-state index is 0.220. The summed E-state index contributed by atoms with van der Waals surface area (Å²) in [6, 6.07) is 13.4. The molecule has 33 heavy (non-hydrogen) atoms. The lowest BCUT2D eigenvalue weighted by Gasteiger charge is -2.09. The average Bonchev–Trinajstić information content (AvgIpc) is 3.44. The first-order chi connectivity index (χ1) is 16.0. The van der Waals surface area contributed by atoms with E-state index in [0.717, 1.165) is 22.2 Å². The van der Waals surface area contributed by atoms with Crippen LogP contribution in [0.5, 0.6) is 5.75 Å². The Balaban J connectivity index is 1.61. The topological polar surface area (TPSA) is 87.7 Å². The van der Waals surface area contributed by atoms with E-state index in [9.17, 15) is 4.79 Å². The van der Waals surface area contributed by atoms with Crippen molar-refractivity contribution < 1.29 is 9.53 Å². The van der Waals surface area contributed by atoms with Gasteiger partial charge in [-0.15, -0.1) is 5.10 Å². The SMILES string of the molecule is COc1ccc2c(c1)c(C(=O)c1cn(-c3cnccn3)nn1)c(C)n2Cc1ccc(Cl)cc1. The maximum atomic E-state index is 13.6. The molecule has 8 nitrogen and oxygen atoms in total. The van der Waals surface area contributed by atoms with Crippen molar-refractivity contribution in [2.45, 2.75) is 13.5 Å². The van der Waals surface area contributed by atoms with Crippen LogP contribution in [-0.4, -0.2) is 42.4 Å². The minimum atomic E-state index is -0.226. The standard InChI is InChI=1S/C24H19ClN6O2/c1-15-23(24(32)20-14-31(29-28-20)22-12-26-9-10-27-22)19-11-18(33-2)7-8-21(19)30(15)13-16-3-5-17(25)6-4-16/h3-12,14H,13H2,1-2H3. The van der Waals surface area contributed by atoms with E-state index in [1.54, 1.807) is 31.9 Å². The van der Waals surface area contributed by atoms with E-state index in [0.29, 0.717) is 28.7 Å². The van der Waals surface area contributed by atoms with Gasteiger partial charge in [-0.1, -0.05) is 28.9 Å². The number of fused-ring (bicyclic) bond motifs is 1. The molecule has 9 heteroatoms. The fraction of sp³-hybridized carbons (Fsp3) is 0.125. The largest absolute Gasteiger partial charge is 0.497 e. The highest BCUT2D eigenvalue weighted by molar-refractivity contribution is 6.30. The van der Waals surface area contributed by atoms with Crippen LogP contribution in [0.2, 0.25) is 5.02 Å². The molecule has 0 amide bonds. The second kappa shape index (κ2) is 8.48. The number of aromatic nitrogens is 6. The number of ketones is 1. The van der Waals surface area contributed by atoms with Crippen LogP contribution >= 0.6 is 11.6 Å². The zero-order valence-corrected chi connectivity index (χ0v) is 18.7. The van der Waals surface area contributed by atoms with Crippen LogP contribution in [-0.2, 0) is 6.54 Å². The number of methoxy groups -OCH3 is 1. The fourth-order valence-electron chi connectivity index (χ4n) is 3.87. The van der Waals surface area contributed by atoms with Gasteiger partial charge in [-0.25, -0.2) is 9.67 Å². The van der Waals surface area contributed by atoms with Gasteiger partial charge in [-0.2, -0.15) is 0 Å². The summed E-state index contributed by atoms with van der Waals surface area (Å²) >= 11 is 6.05. The van der Waals surface area contributed by atoms with E-state index >= 15 is 0 Å². The van der Waals surface area contributed by atoms with Crippen molar-refractivity contribution >= 4 is 28.3 Å². The molecule has 164 valence electrons. The number of rotatable bonds is 6. The van der Waals surface area contributed by atoms with Crippen molar-refractivity contribution in [1.29, 1.82) is 0 Å². The zero-order chi connectivity index (χ0) is 22.9. The van der Waals surface area contributed by atoms with Gasteiger partial charge in [0.2, 0.25) is 5.78 Å². The molecule has 0 atom stereocenters. The van der Waals surface area contributed by atoms with Gasteiger partial charge in [0, 0.05) is 40.6 Å². The predicted molar refractivity (Wildman–Crippen MR) is 124 cm³/mol. The third-order valence-electron chi connectivity index (χ3n) is 5.52. The molecule has 0 saturated heterocycles. The summed E-state index contributed by atoms with van der Waals surface area (Å²) in [7, 11) is 1.60. The monoisotopic (exact) mass is 458 g/mol. The zero-order valence-electron chi connectivity index (χ0n) is 17.9. The smallest absolute Gasteiger partial charge is 0.217 e. The van der Waals surface area contributed by atoms with Crippen molar-refractivity contribution in [1.82, 2.24) is 29.5 Å². The molecule has 5 rings (SSSR count). The van der Waals surface area contributed by atoms with E-state index in [1.807, 2.05) is 49.4 Å². The molecule has 0 bridgehead atoms. The van der Waals surface area contributed by atoms with Crippen LogP contribution < -0.4 is 4.74 Å². The first kappa shape index (κ1) is 20.8. The van der Waals surface area contributed by atoms with Crippen molar-refractivity contribution in [3.05, 3.63) is 94.8 Å². The fourth-order valence-corrected chi connectivity index (χ4v) is 3.99. The predicted octanol–water partition coefficient (Wildman–Crippen LogP) is 4.26. The first-order valence-corrected chi connectivity index (χ1v) is 10.6. The van der Waals surface area contributed by atoms with E-state index in [2.05, 4.69) is 24.8 Å². The van der Waals surface area contributed by atoms with E-state index < -0.39 is 0 Å². The number of benzene rings is 2. The molecule has 5 aromatic rings. The molecule has 0 unspecified atom stereocenters. The molecule has 0 saturated carbocycles. The van der Waals surface area contributed by atoms with Crippen LogP contribution in [0.1, 0.15) is 27.3 Å². The lowest BCUT2D eigenvalue weighted by Crippen LogP contribution is -2.07. The molecule has 0 aliphatic rings. The number of hydrogen-bond acceptors (Lipinski definition) is 6. The lowest BCUT2D eigenvalue weighted by atomic mass is 10.0. The Morgan fingerprint density at radius 2 is 1.94 bits per heavy atom. The highest BCUT2D eigenvalue weighted by atomic mass is 35.5. The Kier molecular flexibility index (Phi) is 5.35. The summed E-state index contributed by atoms with van der Waals surface area (Å²) in [4.78, 5) is 21.8. The molecule has 2 aromatic carbocycles. The highest BCUT2D eigenvalue weighted by Gasteiger charge is 2.24. The molecular formula is C24H19ClN6O2. The van der Waals surface area contributed by atoms with Gasteiger partial charge in [0.05, 0.1) is 25.1 Å². The Bertz CT molecular complexity index is 1460. The van der Waals surface area contributed by atoms with Gasteiger partial charge in [0.1, 0.15) is 5.75 Å². The molecule has 3 heterocycles. The Morgan fingerprint density at radius 3 is 2.67 bits per heavy atom. The van der Waals surface area contributed by atoms with E-state index in [4.69, 9.17) is 16.3 Å². The molecule has 0 radical (unpaired) electrons. The summed E-state index contributed by atoms with van der Waals surface area (Å²) in [6.45, 7) is 2.52. The van der Waals surface area contributed by atoms with Crippen LogP contribution in [0.3, 0.4) is 0 Å². The van der Waals surface area contributed by atoms with Crippen LogP contribution in [0, 0.1) is 6.92 Å². The van der Waals surface area contributed by atoms with Gasteiger partial charge in [-0.3, -0.25) is 9.78 Å². The molecule has 0 fully saturated rings. The molecule has 3 aromatic heterocycles. The first-order valence-electron chi connectivity index (χ1n) is 10.2. The van der Waals surface area contributed by atoms with Gasteiger partial charge in [0.15, 0.2) is 11.5 Å². The summed E-state index contributed by atoms with van der Waals surface area (Å²) in [6.07, 6.45) is 6.24. The van der Waals surface area contributed by atoms with Gasteiger partial charge >= 0.3 is 0 Å². The molecule has 0 aliphatic carbocycles. The van der Waals surface area contributed by atoms with Crippen molar-refractivity contribution in [2.24, 2.45) is 0 Å². The Morgan fingerprint density at radius 1 is 1.12 bits per heavy atom. The van der Waals surface area contributed by atoms with Gasteiger partial charge < -0.3 is 9.30 Å². The summed E-state index contributed by atoms with van der Waals surface area (Å²) in [5.74, 6) is 0.923. The highest BCUT2D eigenvalue weighted by Crippen LogP contribution is 2.31. The second-order valence-electron chi connectivity index (χ2n) is 7.50. The minimum Gasteiger partial charge on any atom is -0.497 e. The maximum absolute atomic E-state index is 13.6.